The summed E-state index contributed by atoms with van der Waals surface area (Å²) < 4.78 is 12.7. The highest BCUT2D eigenvalue weighted by atomic mass is 19.1. The Bertz CT molecular complexity index is 243. The van der Waals surface area contributed by atoms with E-state index in [2.05, 4.69) is 18.8 Å². The van der Waals surface area contributed by atoms with Gasteiger partial charge in [-0.3, -0.25) is 4.98 Å². The van der Waals surface area contributed by atoms with E-state index in [4.69, 9.17) is 0 Å². The number of halogens is 1. The molecule has 1 rings (SSSR count). The molecule has 0 N–H and O–H groups in total. The zero-order valence-electron chi connectivity index (χ0n) is 7.55. The van der Waals surface area contributed by atoms with Crippen LogP contribution in [0.3, 0.4) is 0 Å². The van der Waals surface area contributed by atoms with Crippen LogP contribution in [0, 0.1) is 5.82 Å². The van der Waals surface area contributed by atoms with Crippen LogP contribution in [0.4, 0.5) is 4.39 Å². The van der Waals surface area contributed by atoms with E-state index >= 15 is 0 Å². The summed E-state index contributed by atoms with van der Waals surface area (Å²) in [6, 6.07) is 1.57. The molecule has 0 bridgehead atoms. The van der Waals surface area contributed by atoms with Gasteiger partial charge in [-0.2, -0.15) is 0 Å². The molecule has 12 heavy (non-hydrogen) atoms. The third-order valence-corrected chi connectivity index (χ3v) is 2.18. The zero-order valence-corrected chi connectivity index (χ0v) is 7.55. The van der Waals surface area contributed by atoms with Gasteiger partial charge in [-0.1, -0.05) is 13.8 Å². The first-order valence-corrected chi connectivity index (χ1v) is 4.38. The van der Waals surface area contributed by atoms with E-state index in [1.807, 2.05) is 0 Å². The first-order valence-electron chi connectivity index (χ1n) is 4.38. The highest BCUT2D eigenvalue weighted by Crippen LogP contribution is 2.22. The predicted molar refractivity (Wildman–Crippen MR) is 47.5 cm³/mol. The molecule has 0 spiro atoms. The summed E-state index contributed by atoms with van der Waals surface area (Å²) >= 11 is 0. The van der Waals surface area contributed by atoms with Gasteiger partial charge in [0.15, 0.2) is 0 Å². The summed E-state index contributed by atoms with van der Waals surface area (Å²) in [7, 11) is 0. The van der Waals surface area contributed by atoms with E-state index in [0.717, 1.165) is 18.4 Å². The van der Waals surface area contributed by atoms with Crippen LogP contribution >= 0.6 is 0 Å². The van der Waals surface area contributed by atoms with Crippen LogP contribution in [0.25, 0.3) is 0 Å². The maximum Gasteiger partial charge on any atom is 0.141 e. The van der Waals surface area contributed by atoms with E-state index in [1.54, 1.807) is 12.3 Å². The zero-order chi connectivity index (χ0) is 8.97. The highest BCUT2D eigenvalue weighted by molar-refractivity contribution is 5.15. The molecular weight excluding hydrogens is 153 g/mol. The van der Waals surface area contributed by atoms with Crippen molar-refractivity contribution in [2.24, 2.45) is 0 Å². The lowest BCUT2D eigenvalue weighted by Crippen LogP contribution is -1.96. The molecular formula is C10H14FN. The van der Waals surface area contributed by atoms with Crippen molar-refractivity contribution in [3.05, 3.63) is 29.8 Å². The van der Waals surface area contributed by atoms with Crippen molar-refractivity contribution in [2.75, 3.05) is 0 Å². The number of hydrogen-bond acceptors (Lipinski definition) is 1. The lowest BCUT2D eigenvalue weighted by molar-refractivity contribution is 0.597. The third kappa shape index (κ3) is 2.03. The number of aromatic nitrogens is 1. The van der Waals surface area contributed by atoms with Gasteiger partial charge in [0.2, 0.25) is 0 Å². The van der Waals surface area contributed by atoms with Gasteiger partial charge in [-0.25, -0.2) is 4.39 Å². The summed E-state index contributed by atoms with van der Waals surface area (Å²) in [4.78, 5) is 3.83. The fourth-order valence-corrected chi connectivity index (χ4v) is 1.41. The first-order chi connectivity index (χ1) is 5.77. The molecule has 1 aromatic heterocycles. The van der Waals surface area contributed by atoms with Crippen LogP contribution in [0.5, 0.6) is 0 Å². The van der Waals surface area contributed by atoms with Crippen molar-refractivity contribution < 1.29 is 4.39 Å². The normalized spacial score (nSPS) is 10.7. The van der Waals surface area contributed by atoms with Gasteiger partial charge >= 0.3 is 0 Å². The third-order valence-electron chi connectivity index (χ3n) is 2.18. The molecule has 0 atom stereocenters. The van der Waals surface area contributed by atoms with Gasteiger partial charge in [-0.15, -0.1) is 0 Å². The van der Waals surface area contributed by atoms with Gasteiger partial charge < -0.3 is 0 Å². The van der Waals surface area contributed by atoms with Crippen molar-refractivity contribution in [2.45, 2.75) is 32.6 Å². The smallest absolute Gasteiger partial charge is 0.141 e. The Balaban J connectivity index is 2.85. The minimum absolute atomic E-state index is 0.237. The van der Waals surface area contributed by atoms with Gasteiger partial charge in [0.25, 0.3) is 0 Å². The quantitative estimate of drug-likeness (QED) is 0.674. The van der Waals surface area contributed by atoms with E-state index in [0.29, 0.717) is 5.92 Å². The van der Waals surface area contributed by atoms with Crippen LogP contribution in [0.1, 0.15) is 38.2 Å². The molecule has 0 aromatic carbocycles. The maximum atomic E-state index is 12.7. The van der Waals surface area contributed by atoms with Crippen LogP contribution in [0.15, 0.2) is 18.5 Å². The van der Waals surface area contributed by atoms with Crippen LogP contribution in [-0.2, 0) is 0 Å². The van der Waals surface area contributed by atoms with E-state index in [1.165, 1.54) is 6.20 Å². The van der Waals surface area contributed by atoms with E-state index in [-0.39, 0.29) is 5.82 Å². The molecule has 2 heteroatoms. The standard InChI is InChI=1S/C10H14FN/c1-3-8(4-2)9-5-10(11)7-12-6-9/h5-8H,3-4H2,1-2H3. The molecule has 0 fully saturated rings. The fraction of sp³-hybridized carbons (Fsp3) is 0.500. The number of pyridine rings is 1. The molecule has 0 saturated carbocycles. The van der Waals surface area contributed by atoms with Crippen molar-refractivity contribution in [1.29, 1.82) is 0 Å². The molecule has 0 aliphatic heterocycles. The number of nitrogens with zero attached hydrogens (tertiary/aromatic N) is 1. The SMILES string of the molecule is CCC(CC)c1cncc(F)c1. The van der Waals surface area contributed by atoms with Crippen molar-refractivity contribution in [3.63, 3.8) is 0 Å². The summed E-state index contributed by atoms with van der Waals surface area (Å²) in [6.07, 6.45) is 5.08. The lowest BCUT2D eigenvalue weighted by atomic mass is 9.96. The Labute approximate surface area is 72.6 Å². The Hall–Kier alpha value is -0.920. The van der Waals surface area contributed by atoms with Crippen molar-refractivity contribution in [3.8, 4) is 0 Å². The molecule has 0 saturated heterocycles. The molecule has 0 amide bonds. The fourth-order valence-electron chi connectivity index (χ4n) is 1.41. The second kappa shape index (κ2) is 4.19. The van der Waals surface area contributed by atoms with E-state index < -0.39 is 0 Å². The van der Waals surface area contributed by atoms with Gasteiger partial charge in [-0.05, 0) is 30.4 Å². The minimum Gasteiger partial charge on any atom is -0.261 e. The summed E-state index contributed by atoms with van der Waals surface area (Å²) in [5, 5.41) is 0. The topological polar surface area (TPSA) is 12.9 Å². The molecule has 66 valence electrons. The Kier molecular flexibility index (Phi) is 3.20. The molecule has 1 heterocycles. The van der Waals surface area contributed by atoms with Crippen molar-refractivity contribution >= 4 is 0 Å². The van der Waals surface area contributed by atoms with Gasteiger partial charge in [0, 0.05) is 6.20 Å². The minimum atomic E-state index is -0.237. The largest absolute Gasteiger partial charge is 0.261 e. The molecule has 1 nitrogen and oxygen atoms in total. The van der Waals surface area contributed by atoms with Gasteiger partial charge in [0.05, 0.1) is 6.20 Å². The average molecular weight is 167 g/mol. The Morgan fingerprint density at radius 1 is 1.33 bits per heavy atom. The number of hydrogen-bond donors (Lipinski definition) is 0. The summed E-state index contributed by atoms with van der Waals surface area (Å²) in [5.41, 5.74) is 1.01. The van der Waals surface area contributed by atoms with Crippen LogP contribution < -0.4 is 0 Å². The molecule has 0 radical (unpaired) electrons. The predicted octanol–water partition coefficient (Wildman–Crippen LogP) is 3.12. The summed E-state index contributed by atoms with van der Waals surface area (Å²) in [5.74, 6) is 0.215. The van der Waals surface area contributed by atoms with Crippen LogP contribution in [0.2, 0.25) is 0 Å². The first kappa shape index (κ1) is 9.17. The highest BCUT2D eigenvalue weighted by Gasteiger charge is 2.07. The molecule has 0 unspecified atom stereocenters. The number of rotatable bonds is 3. The molecule has 0 aliphatic rings. The van der Waals surface area contributed by atoms with E-state index in [9.17, 15) is 4.39 Å². The monoisotopic (exact) mass is 167 g/mol. The second-order valence-corrected chi connectivity index (χ2v) is 2.95. The Morgan fingerprint density at radius 3 is 2.50 bits per heavy atom. The van der Waals surface area contributed by atoms with Crippen molar-refractivity contribution in [1.82, 2.24) is 4.98 Å². The van der Waals surface area contributed by atoms with Crippen LogP contribution in [-0.4, -0.2) is 4.98 Å². The second-order valence-electron chi connectivity index (χ2n) is 2.95. The van der Waals surface area contributed by atoms with Gasteiger partial charge in [0.1, 0.15) is 5.82 Å². The lowest BCUT2D eigenvalue weighted by Gasteiger charge is -2.11. The average Bonchev–Trinajstić information content (AvgIpc) is 2.07. The molecule has 1 aromatic rings. The molecule has 0 aliphatic carbocycles. The summed E-state index contributed by atoms with van der Waals surface area (Å²) in [6.45, 7) is 4.22. The maximum absolute atomic E-state index is 12.7. The Morgan fingerprint density at radius 2 is 2.00 bits per heavy atom.